The molecule has 27 heavy (non-hydrogen) atoms. The van der Waals surface area contributed by atoms with E-state index in [1.807, 2.05) is 17.0 Å². The fraction of sp³-hybridized carbons (Fsp3) is 0.526. The molecule has 0 bridgehead atoms. The van der Waals surface area contributed by atoms with Crippen molar-refractivity contribution in [2.75, 3.05) is 19.6 Å². The minimum absolute atomic E-state index is 0.0771. The number of hydrogen-bond donors (Lipinski definition) is 1. The second-order valence-corrected chi connectivity index (χ2v) is 7.90. The van der Waals surface area contributed by atoms with Crippen LogP contribution in [0.15, 0.2) is 18.2 Å². The molecule has 3 aliphatic heterocycles. The van der Waals surface area contributed by atoms with E-state index in [1.165, 1.54) is 0 Å². The third-order valence-corrected chi connectivity index (χ3v) is 6.03. The third-order valence-electron chi connectivity index (χ3n) is 5.80. The first-order valence-corrected chi connectivity index (χ1v) is 9.93. The highest BCUT2D eigenvalue weighted by molar-refractivity contribution is 6.30. The first-order chi connectivity index (χ1) is 13.2. The Hall–Kier alpha value is -2.12. The quantitative estimate of drug-likeness (QED) is 0.849. The number of nitrogens with one attached hydrogen (secondary N) is 1. The number of ether oxygens (including phenoxy) is 1. The van der Waals surface area contributed by atoms with Gasteiger partial charge < -0.3 is 19.5 Å². The lowest BCUT2D eigenvalue weighted by molar-refractivity contribution is -0.139. The molecule has 0 radical (unpaired) electrons. The molecule has 1 aromatic carbocycles. The lowest BCUT2D eigenvalue weighted by Gasteiger charge is -2.33. The zero-order chi connectivity index (χ0) is 18.4. The van der Waals surface area contributed by atoms with Gasteiger partial charge in [0, 0.05) is 43.5 Å². The number of fused-ring (bicyclic) bond motifs is 2. The fourth-order valence-electron chi connectivity index (χ4n) is 4.33. The number of piperidine rings is 1. The predicted molar refractivity (Wildman–Crippen MR) is 99.9 cm³/mol. The Morgan fingerprint density at radius 1 is 1.22 bits per heavy atom. The molecular weight excluding hydrogens is 366 g/mol. The Morgan fingerprint density at radius 3 is 2.93 bits per heavy atom. The van der Waals surface area contributed by atoms with Crippen molar-refractivity contribution in [1.29, 1.82) is 0 Å². The van der Waals surface area contributed by atoms with Crippen LogP contribution in [0.4, 0.5) is 0 Å². The van der Waals surface area contributed by atoms with Gasteiger partial charge in [0.1, 0.15) is 17.4 Å². The number of nitrogens with zero attached hydrogens (tertiary/aromatic N) is 4. The number of likely N-dealkylation sites (tertiary alicyclic amines) is 1. The van der Waals surface area contributed by atoms with Gasteiger partial charge in [-0.05, 0) is 36.6 Å². The maximum Gasteiger partial charge on any atom is 0.263 e. The number of benzene rings is 1. The molecule has 8 heteroatoms. The molecule has 1 atom stereocenters. The van der Waals surface area contributed by atoms with Crippen molar-refractivity contribution in [2.45, 2.75) is 44.4 Å². The Bertz CT molecular complexity index is 875. The zero-order valence-corrected chi connectivity index (χ0v) is 15.8. The minimum Gasteiger partial charge on any atom is -0.480 e. The van der Waals surface area contributed by atoms with Crippen molar-refractivity contribution >= 4 is 17.5 Å². The van der Waals surface area contributed by atoms with E-state index >= 15 is 0 Å². The van der Waals surface area contributed by atoms with Crippen LogP contribution in [0, 0.1) is 0 Å². The monoisotopic (exact) mass is 387 g/mol. The van der Waals surface area contributed by atoms with Crippen molar-refractivity contribution in [3.8, 4) is 5.75 Å². The molecule has 5 rings (SSSR count). The summed E-state index contributed by atoms with van der Waals surface area (Å²) in [6.07, 6.45) is 2.01. The van der Waals surface area contributed by atoms with Crippen LogP contribution in [0.2, 0.25) is 5.02 Å². The van der Waals surface area contributed by atoms with Crippen LogP contribution in [-0.2, 0) is 24.3 Å². The molecule has 0 spiro atoms. The molecule has 1 N–H and O–H groups in total. The number of carbonyl (C=O) groups excluding carboxylic acids is 1. The predicted octanol–water partition coefficient (Wildman–Crippen LogP) is 1.74. The number of rotatable bonds is 2. The maximum absolute atomic E-state index is 12.9. The van der Waals surface area contributed by atoms with Crippen LogP contribution in [0.25, 0.3) is 0 Å². The summed E-state index contributed by atoms with van der Waals surface area (Å²) in [5.41, 5.74) is 1.01. The van der Waals surface area contributed by atoms with Crippen molar-refractivity contribution in [2.24, 2.45) is 0 Å². The highest BCUT2D eigenvalue weighted by atomic mass is 35.5. The van der Waals surface area contributed by atoms with Crippen molar-refractivity contribution < 1.29 is 9.53 Å². The van der Waals surface area contributed by atoms with Crippen LogP contribution in [0.3, 0.4) is 0 Å². The largest absolute Gasteiger partial charge is 0.480 e. The summed E-state index contributed by atoms with van der Waals surface area (Å²) in [5.74, 6) is 3.32. The molecule has 1 amide bonds. The second kappa shape index (κ2) is 6.80. The smallest absolute Gasteiger partial charge is 0.263 e. The molecule has 2 aromatic rings. The van der Waals surface area contributed by atoms with Crippen molar-refractivity contribution in [3.05, 3.63) is 40.4 Å². The molecule has 0 aliphatic carbocycles. The molecule has 4 heterocycles. The molecule has 0 saturated carbocycles. The van der Waals surface area contributed by atoms with Crippen LogP contribution >= 0.6 is 11.6 Å². The number of amides is 1. The number of aromatic nitrogens is 3. The minimum atomic E-state index is -0.429. The number of carbonyl (C=O) groups is 1. The standard InChI is InChI=1S/C19H22ClN5O2/c20-14-1-2-15-13(9-14)10-16(27-15)19(26)24-6-3-12(4-7-24)18-23-22-17-11-21-5-8-25(17)18/h1-2,9,12,16,21H,3-8,10-11H2. The van der Waals surface area contributed by atoms with E-state index in [1.54, 1.807) is 6.07 Å². The summed E-state index contributed by atoms with van der Waals surface area (Å²) in [6, 6.07) is 5.54. The summed E-state index contributed by atoms with van der Waals surface area (Å²) in [5, 5.41) is 12.8. The average molecular weight is 388 g/mol. The highest BCUT2D eigenvalue weighted by Crippen LogP contribution is 2.33. The zero-order valence-electron chi connectivity index (χ0n) is 15.0. The summed E-state index contributed by atoms with van der Waals surface area (Å²) < 4.78 is 8.12. The fourth-order valence-corrected chi connectivity index (χ4v) is 4.53. The summed E-state index contributed by atoms with van der Waals surface area (Å²) in [7, 11) is 0. The summed E-state index contributed by atoms with van der Waals surface area (Å²) in [4.78, 5) is 14.8. The van der Waals surface area contributed by atoms with E-state index in [-0.39, 0.29) is 5.91 Å². The van der Waals surface area contributed by atoms with E-state index < -0.39 is 6.10 Å². The molecule has 1 fully saturated rings. The third kappa shape index (κ3) is 3.08. The van der Waals surface area contributed by atoms with Gasteiger partial charge in [0.25, 0.3) is 5.91 Å². The summed E-state index contributed by atoms with van der Waals surface area (Å²) >= 11 is 6.05. The topological polar surface area (TPSA) is 72.3 Å². The molecule has 1 aromatic heterocycles. The number of hydrogen-bond acceptors (Lipinski definition) is 5. The van der Waals surface area contributed by atoms with E-state index in [4.69, 9.17) is 16.3 Å². The van der Waals surface area contributed by atoms with Gasteiger partial charge in [0.15, 0.2) is 6.10 Å². The van der Waals surface area contributed by atoms with Gasteiger partial charge in [-0.2, -0.15) is 0 Å². The lowest BCUT2D eigenvalue weighted by Crippen LogP contribution is -2.45. The van der Waals surface area contributed by atoms with Crippen LogP contribution in [0.5, 0.6) is 5.75 Å². The molecule has 3 aliphatic rings. The lowest BCUT2D eigenvalue weighted by atomic mass is 9.95. The maximum atomic E-state index is 12.9. The van der Waals surface area contributed by atoms with E-state index in [0.29, 0.717) is 17.4 Å². The van der Waals surface area contributed by atoms with Crippen LogP contribution < -0.4 is 10.1 Å². The Morgan fingerprint density at radius 2 is 2.07 bits per heavy atom. The second-order valence-electron chi connectivity index (χ2n) is 7.47. The Labute approximate surface area is 162 Å². The molecule has 142 valence electrons. The van der Waals surface area contributed by atoms with Gasteiger partial charge in [-0.1, -0.05) is 11.6 Å². The van der Waals surface area contributed by atoms with E-state index in [2.05, 4.69) is 20.1 Å². The first kappa shape index (κ1) is 17.0. The first-order valence-electron chi connectivity index (χ1n) is 9.55. The van der Waals surface area contributed by atoms with Crippen LogP contribution in [-0.4, -0.2) is 51.3 Å². The Balaban J connectivity index is 1.22. The van der Waals surface area contributed by atoms with Gasteiger partial charge in [0.2, 0.25) is 0 Å². The molecular formula is C19H22ClN5O2. The van der Waals surface area contributed by atoms with Gasteiger partial charge in [-0.15, -0.1) is 10.2 Å². The van der Waals surface area contributed by atoms with E-state index in [9.17, 15) is 4.79 Å². The molecule has 1 saturated heterocycles. The van der Waals surface area contributed by atoms with Crippen molar-refractivity contribution in [3.63, 3.8) is 0 Å². The van der Waals surface area contributed by atoms with Crippen LogP contribution in [0.1, 0.15) is 36.0 Å². The summed E-state index contributed by atoms with van der Waals surface area (Å²) in [6.45, 7) is 4.14. The van der Waals surface area contributed by atoms with Crippen molar-refractivity contribution in [1.82, 2.24) is 25.0 Å². The van der Waals surface area contributed by atoms with Gasteiger partial charge in [0.05, 0.1) is 6.54 Å². The average Bonchev–Trinajstić information content (AvgIpc) is 3.31. The number of halogens is 1. The normalized spacial score (nSPS) is 22.3. The Kier molecular flexibility index (Phi) is 4.28. The SMILES string of the molecule is O=C(C1Cc2cc(Cl)ccc2O1)N1CCC(c2nnc3n2CCNC3)CC1. The molecule has 7 nitrogen and oxygen atoms in total. The highest BCUT2D eigenvalue weighted by Gasteiger charge is 2.35. The van der Waals surface area contributed by atoms with Gasteiger partial charge >= 0.3 is 0 Å². The molecule has 1 unspecified atom stereocenters. The van der Waals surface area contributed by atoms with Gasteiger partial charge in [-0.3, -0.25) is 4.79 Å². The van der Waals surface area contributed by atoms with E-state index in [0.717, 1.165) is 68.5 Å². The van der Waals surface area contributed by atoms with Gasteiger partial charge in [-0.25, -0.2) is 0 Å².